The van der Waals surface area contributed by atoms with Crippen molar-refractivity contribution in [2.75, 3.05) is 13.1 Å². The summed E-state index contributed by atoms with van der Waals surface area (Å²) in [5, 5.41) is 7.13. The van der Waals surface area contributed by atoms with Gasteiger partial charge in [-0.3, -0.25) is 10.3 Å². The maximum absolute atomic E-state index is 7.13. The summed E-state index contributed by atoms with van der Waals surface area (Å²) in [6, 6.07) is 0.485. The number of hydrogen-bond acceptors (Lipinski definition) is 2. The molecule has 11 heavy (non-hydrogen) atoms. The van der Waals surface area contributed by atoms with E-state index in [1.54, 1.807) is 0 Å². The van der Waals surface area contributed by atoms with Gasteiger partial charge in [-0.2, -0.15) is 0 Å². The van der Waals surface area contributed by atoms with Crippen LogP contribution < -0.4 is 5.73 Å². The molecule has 0 aliphatic carbocycles. The molecule has 0 aliphatic rings. The second-order valence-corrected chi connectivity index (χ2v) is 3.09. The van der Waals surface area contributed by atoms with Gasteiger partial charge in [0.1, 0.15) is 5.84 Å². The zero-order valence-corrected chi connectivity index (χ0v) is 7.72. The maximum atomic E-state index is 7.13. The molecule has 66 valence electrons. The van der Waals surface area contributed by atoms with Crippen LogP contribution >= 0.6 is 0 Å². The van der Waals surface area contributed by atoms with E-state index in [0.29, 0.717) is 12.6 Å². The molecule has 0 aromatic carbocycles. The smallest absolute Gasteiger partial charge is 0.105 e. The molecule has 0 rings (SSSR count). The lowest BCUT2D eigenvalue weighted by molar-refractivity contribution is 0.253. The van der Waals surface area contributed by atoms with Gasteiger partial charge in [0.15, 0.2) is 0 Å². The summed E-state index contributed by atoms with van der Waals surface area (Å²) in [5.74, 6) is 0.257. The van der Waals surface area contributed by atoms with Crippen molar-refractivity contribution in [1.29, 1.82) is 5.41 Å². The van der Waals surface area contributed by atoms with Crippen LogP contribution in [0.15, 0.2) is 0 Å². The highest BCUT2D eigenvalue weighted by molar-refractivity contribution is 5.78. The molecule has 3 heteroatoms. The zero-order valence-electron chi connectivity index (χ0n) is 7.72. The van der Waals surface area contributed by atoms with E-state index < -0.39 is 0 Å². The average Bonchev–Trinajstić information content (AvgIpc) is 1.86. The van der Waals surface area contributed by atoms with Crippen LogP contribution in [0, 0.1) is 5.41 Å². The van der Waals surface area contributed by atoms with Crippen LogP contribution in [0.4, 0.5) is 0 Å². The summed E-state index contributed by atoms with van der Waals surface area (Å²) < 4.78 is 0. The Kier molecular flexibility index (Phi) is 4.86. The summed E-state index contributed by atoms with van der Waals surface area (Å²) in [4.78, 5) is 2.20. The second-order valence-electron chi connectivity index (χ2n) is 3.09. The van der Waals surface area contributed by atoms with Crippen molar-refractivity contribution in [3.63, 3.8) is 0 Å². The highest BCUT2D eigenvalue weighted by atomic mass is 15.2. The fourth-order valence-electron chi connectivity index (χ4n) is 1.03. The molecule has 0 radical (unpaired) electrons. The molecule has 0 amide bonds. The molecule has 3 nitrogen and oxygen atoms in total. The van der Waals surface area contributed by atoms with E-state index in [1.165, 1.54) is 0 Å². The van der Waals surface area contributed by atoms with Gasteiger partial charge in [-0.25, -0.2) is 0 Å². The molecule has 0 aliphatic heterocycles. The normalized spacial score (nSPS) is 11.0. The first-order valence-corrected chi connectivity index (χ1v) is 4.14. The van der Waals surface area contributed by atoms with Crippen molar-refractivity contribution in [3.8, 4) is 0 Å². The molecule has 0 heterocycles. The SMILES string of the molecule is CCCN(CC(=N)N)C(C)C. The predicted molar refractivity (Wildman–Crippen MR) is 48.9 cm³/mol. The Bertz CT molecular complexity index is 121. The lowest BCUT2D eigenvalue weighted by atomic mass is 10.3. The Balaban J connectivity index is 3.79. The van der Waals surface area contributed by atoms with Gasteiger partial charge in [-0.15, -0.1) is 0 Å². The molecule has 0 fully saturated rings. The third-order valence-electron chi connectivity index (χ3n) is 1.61. The number of nitrogens with zero attached hydrogens (tertiary/aromatic N) is 1. The number of nitrogens with one attached hydrogen (secondary N) is 1. The van der Waals surface area contributed by atoms with Gasteiger partial charge in [0, 0.05) is 6.04 Å². The van der Waals surface area contributed by atoms with E-state index in [-0.39, 0.29) is 5.84 Å². The first-order valence-electron chi connectivity index (χ1n) is 4.14. The number of amidine groups is 1. The van der Waals surface area contributed by atoms with Gasteiger partial charge in [-0.1, -0.05) is 6.92 Å². The molecule has 3 N–H and O–H groups in total. The minimum Gasteiger partial charge on any atom is -0.387 e. The Morgan fingerprint density at radius 2 is 2.09 bits per heavy atom. The molecule has 0 spiro atoms. The molecular weight excluding hydrogens is 138 g/mol. The molecule has 0 saturated carbocycles. The van der Waals surface area contributed by atoms with Crippen molar-refractivity contribution in [2.45, 2.75) is 33.2 Å². The Morgan fingerprint density at radius 1 is 1.55 bits per heavy atom. The van der Waals surface area contributed by atoms with Gasteiger partial charge < -0.3 is 5.73 Å². The van der Waals surface area contributed by atoms with E-state index in [0.717, 1.165) is 13.0 Å². The summed E-state index contributed by atoms with van der Waals surface area (Å²) in [7, 11) is 0. The van der Waals surface area contributed by atoms with E-state index in [9.17, 15) is 0 Å². The van der Waals surface area contributed by atoms with E-state index in [2.05, 4.69) is 25.7 Å². The minimum atomic E-state index is 0.257. The highest BCUT2D eigenvalue weighted by Gasteiger charge is 2.07. The van der Waals surface area contributed by atoms with Gasteiger partial charge in [0.05, 0.1) is 6.54 Å². The van der Waals surface area contributed by atoms with Crippen molar-refractivity contribution < 1.29 is 0 Å². The fourth-order valence-corrected chi connectivity index (χ4v) is 1.03. The molecule has 0 aromatic rings. The quantitative estimate of drug-likeness (QED) is 0.463. The Labute approximate surface area is 69.1 Å². The maximum Gasteiger partial charge on any atom is 0.105 e. The van der Waals surface area contributed by atoms with Crippen LogP contribution in [0.3, 0.4) is 0 Å². The number of hydrogen-bond donors (Lipinski definition) is 2. The number of nitrogens with two attached hydrogens (primary N) is 1. The zero-order chi connectivity index (χ0) is 8.85. The van der Waals surface area contributed by atoms with Crippen molar-refractivity contribution >= 4 is 5.84 Å². The molecule has 0 aromatic heterocycles. The van der Waals surface area contributed by atoms with Crippen LogP contribution in [0.25, 0.3) is 0 Å². The third kappa shape index (κ3) is 4.79. The molecular formula is C8H19N3. The van der Waals surface area contributed by atoms with Crippen LogP contribution in [0.5, 0.6) is 0 Å². The third-order valence-corrected chi connectivity index (χ3v) is 1.61. The highest BCUT2D eigenvalue weighted by Crippen LogP contribution is 1.97. The van der Waals surface area contributed by atoms with E-state index in [1.807, 2.05) is 0 Å². The van der Waals surface area contributed by atoms with Crippen molar-refractivity contribution in [2.24, 2.45) is 5.73 Å². The van der Waals surface area contributed by atoms with Crippen LogP contribution in [0.1, 0.15) is 27.2 Å². The van der Waals surface area contributed by atoms with Crippen molar-refractivity contribution in [1.82, 2.24) is 4.90 Å². The van der Waals surface area contributed by atoms with Gasteiger partial charge in [0.2, 0.25) is 0 Å². The summed E-state index contributed by atoms with van der Waals surface area (Å²) in [6.07, 6.45) is 1.12. The molecule has 0 atom stereocenters. The Morgan fingerprint density at radius 3 is 2.36 bits per heavy atom. The lowest BCUT2D eigenvalue weighted by Crippen LogP contribution is -2.38. The first kappa shape index (κ1) is 10.4. The molecule has 0 saturated heterocycles. The molecule has 0 unspecified atom stereocenters. The average molecular weight is 157 g/mol. The summed E-state index contributed by atoms with van der Waals surface area (Å²) in [6.45, 7) is 8.01. The number of rotatable bonds is 5. The van der Waals surface area contributed by atoms with Crippen LogP contribution in [-0.2, 0) is 0 Å². The van der Waals surface area contributed by atoms with Gasteiger partial charge in [-0.05, 0) is 26.8 Å². The lowest BCUT2D eigenvalue weighted by Gasteiger charge is -2.24. The fraction of sp³-hybridized carbons (Fsp3) is 0.875. The predicted octanol–water partition coefficient (Wildman–Crippen LogP) is 1.04. The van der Waals surface area contributed by atoms with Crippen LogP contribution in [0.2, 0.25) is 0 Å². The summed E-state index contributed by atoms with van der Waals surface area (Å²) >= 11 is 0. The Hall–Kier alpha value is -0.570. The van der Waals surface area contributed by atoms with Crippen molar-refractivity contribution in [3.05, 3.63) is 0 Å². The standard InChI is InChI=1S/C8H19N3/c1-4-5-11(7(2)3)6-8(9)10/h7H,4-6H2,1-3H3,(H3,9,10). The van der Waals surface area contributed by atoms with Gasteiger partial charge >= 0.3 is 0 Å². The van der Waals surface area contributed by atoms with Gasteiger partial charge in [0.25, 0.3) is 0 Å². The second kappa shape index (κ2) is 5.13. The first-order chi connectivity index (χ1) is 5.07. The monoisotopic (exact) mass is 157 g/mol. The van der Waals surface area contributed by atoms with E-state index >= 15 is 0 Å². The summed E-state index contributed by atoms with van der Waals surface area (Å²) in [5.41, 5.74) is 5.30. The van der Waals surface area contributed by atoms with Crippen LogP contribution in [-0.4, -0.2) is 29.9 Å². The largest absolute Gasteiger partial charge is 0.387 e. The topological polar surface area (TPSA) is 53.1 Å². The minimum absolute atomic E-state index is 0.257. The molecule has 0 bridgehead atoms. The van der Waals surface area contributed by atoms with E-state index in [4.69, 9.17) is 11.1 Å².